The van der Waals surface area contributed by atoms with Crippen LogP contribution in [0.4, 0.5) is 0 Å². The van der Waals surface area contributed by atoms with Crippen LogP contribution in [0.2, 0.25) is 0 Å². The van der Waals surface area contributed by atoms with Gasteiger partial charge in [-0.25, -0.2) is 0 Å². The lowest BCUT2D eigenvalue weighted by atomic mass is 9.75. The van der Waals surface area contributed by atoms with Crippen molar-refractivity contribution in [2.24, 2.45) is 7.05 Å². The third kappa shape index (κ3) is 3.94. The summed E-state index contributed by atoms with van der Waals surface area (Å²) < 4.78 is 1.87. The number of aryl methyl sites for hydroxylation is 2. The minimum absolute atomic E-state index is 0.111. The third-order valence-electron chi connectivity index (χ3n) is 4.32. The zero-order chi connectivity index (χ0) is 15.3. The average molecular weight is 285 g/mol. The van der Waals surface area contributed by atoms with Gasteiger partial charge in [0.05, 0.1) is 6.20 Å². The predicted octanol–water partition coefficient (Wildman–Crippen LogP) is 3.31. The molecule has 1 aromatic heterocycles. The van der Waals surface area contributed by atoms with Gasteiger partial charge in [-0.1, -0.05) is 51.1 Å². The van der Waals surface area contributed by atoms with Gasteiger partial charge in [-0.3, -0.25) is 4.68 Å². The van der Waals surface area contributed by atoms with Crippen molar-refractivity contribution in [1.82, 2.24) is 15.1 Å². The van der Waals surface area contributed by atoms with Gasteiger partial charge in [-0.2, -0.15) is 5.10 Å². The van der Waals surface area contributed by atoms with Crippen LogP contribution in [0, 0.1) is 0 Å². The van der Waals surface area contributed by atoms with Gasteiger partial charge in [0.1, 0.15) is 0 Å². The zero-order valence-corrected chi connectivity index (χ0v) is 13.6. The summed E-state index contributed by atoms with van der Waals surface area (Å²) in [6.45, 7) is 7.84. The fraction of sp³-hybridized carbons (Fsp3) is 0.500. The Labute approximate surface area is 128 Å². The third-order valence-corrected chi connectivity index (χ3v) is 4.32. The van der Waals surface area contributed by atoms with Crippen molar-refractivity contribution in [3.05, 3.63) is 53.9 Å². The number of hydrogen-bond donors (Lipinski definition) is 1. The van der Waals surface area contributed by atoms with E-state index in [1.54, 1.807) is 0 Å². The lowest BCUT2D eigenvalue weighted by Crippen LogP contribution is -2.45. The molecule has 0 bridgehead atoms. The molecule has 3 heteroatoms. The first-order valence-electron chi connectivity index (χ1n) is 7.80. The van der Waals surface area contributed by atoms with Gasteiger partial charge in [0.25, 0.3) is 0 Å². The van der Waals surface area contributed by atoms with Crippen molar-refractivity contribution in [2.45, 2.75) is 45.1 Å². The summed E-state index contributed by atoms with van der Waals surface area (Å²) in [6.07, 6.45) is 6.25. The topological polar surface area (TPSA) is 29.9 Å². The second-order valence-corrected chi connectivity index (χ2v) is 6.26. The van der Waals surface area contributed by atoms with E-state index >= 15 is 0 Å². The number of aromatic nitrogens is 2. The summed E-state index contributed by atoms with van der Waals surface area (Å²) in [5.41, 5.74) is 2.81. The van der Waals surface area contributed by atoms with Gasteiger partial charge in [-0.05, 0) is 30.5 Å². The molecule has 1 atom stereocenters. The first-order valence-corrected chi connectivity index (χ1v) is 7.80. The smallest absolute Gasteiger partial charge is 0.0521 e. The minimum Gasteiger partial charge on any atom is -0.313 e. The number of benzene rings is 1. The highest BCUT2D eigenvalue weighted by molar-refractivity contribution is 5.26. The van der Waals surface area contributed by atoms with Crippen molar-refractivity contribution in [3.8, 4) is 0 Å². The maximum absolute atomic E-state index is 4.26. The fourth-order valence-electron chi connectivity index (χ4n) is 2.95. The highest BCUT2D eigenvalue weighted by Gasteiger charge is 2.30. The predicted molar refractivity (Wildman–Crippen MR) is 88.5 cm³/mol. The maximum Gasteiger partial charge on any atom is 0.0521 e. The van der Waals surface area contributed by atoms with E-state index in [2.05, 4.69) is 67.7 Å². The van der Waals surface area contributed by atoms with Crippen LogP contribution in [0.5, 0.6) is 0 Å². The second-order valence-electron chi connectivity index (χ2n) is 6.26. The fourth-order valence-corrected chi connectivity index (χ4v) is 2.95. The average Bonchev–Trinajstić information content (AvgIpc) is 2.90. The Kier molecular flexibility index (Phi) is 5.18. The number of nitrogens with zero attached hydrogens (tertiary/aromatic N) is 2. The first-order chi connectivity index (χ1) is 10.0. The number of nitrogens with one attached hydrogen (secondary N) is 1. The van der Waals surface area contributed by atoms with Crippen LogP contribution < -0.4 is 5.32 Å². The molecular formula is C18H27N3. The summed E-state index contributed by atoms with van der Waals surface area (Å²) in [7, 11) is 1.97. The van der Waals surface area contributed by atoms with E-state index in [0.717, 1.165) is 19.4 Å². The Morgan fingerprint density at radius 1 is 1.24 bits per heavy atom. The Balaban J connectivity index is 2.10. The van der Waals surface area contributed by atoms with Crippen molar-refractivity contribution in [1.29, 1.82) is 0 Å². The van der Waals surface area contributed by atoms with Crippen LogP contribution in [-0.2, 0) is 18.9 Å². The lowest BCUT2D eigenvalue weighted by molar-refractivity contribution is 0.327. The van der Waals surface area contributed by atoms with Gasteiger partial charge >= 0.3 is 0 Å². The van der Waals surface area contributed by atoms with Gasteiger partial charge in [-0.15, -0.1) is 0 Å². The highest BCUT2D eigenvalue weighted by atomic mass is 15.2. The molecule has 1 aromatic carbocycles. The van der Waals surface area contributed by atoms with Gasteiger partial charge in [0.2, 0.25) is 0 Å². The van der Waals surface area contributed by atoms with Crippen molar-refractivity contribution in [3.63, 3.8) is 0 Å². The first kappa shape index (κ1) is 15.8. The molecule has 2 rings (SSSR count). The molecule has 1 N–H and O–H groups in total. The van der Waals surface area contributed by atoms with E-state index < -0.39 is 0 Å². The highest BCUT2D eigenvalue weighted by Crippen LogP contribution is 2.29. The normalized spacial score (nSPS) is 13.3. The maximum atomic E-state index is 4.26. The van der Waals surface area contributed by atoms with Gasteiger partial charge in [0, 0.05) is 24.7 Å². The molecule has 2 aromatic rings. The summed E-state index contributed by atoms with van der Waals surface area (Å²) in [5, 5.41) is 7.93. The Morgan fingerprint density at radius 3 is 2.52 bits per heavy atom. The van der Waals surface area contributed by atoms with Crippen LogP contribution in [0.25, 0.3) is 0 Å². The molecule has 3 nitrogen and oxygen atoms in total. The zero-order valence-electron chi connectivity index (χ0n) is 13.6. The molecule has 0 aliphatic carbocycles. The number of rotatable bonds is 7. The molecule has 0 amide bonds. The van der Waals surface area contributed by atoms with Crippen LogP contribution >= 0.6 is 0 Å². The summed E-state index contributed by atoms with van der Waals surface area (Å²) in [6, 6.07) is 11.2. The molecule has 21 heavy (non-hydrogen) atoms. The molecule has 0 spiro atoms. The summed E-state index contributed by atoms with van der Waals surface area (Å²) >= 11 is 0. The summed E-state index contributed by atoms with van der Waals surface area (Å²) in [4.78, 5) is 0. The Morgan fingerprint density at radius 2 is 1.95 bits per heavy atom. The van der Waals surface area contributed by atoms with E-state index in [-0.39, 0.29) is 5.41 Å². The van der Waals surface area contributed by atoms with Gasteiger partial charge in [0.15, 0.2) is 0 Å². The van der Waals surface area contributed by atoms with Crippen molar-refractivity contribution < 1.29 is 0 Å². The molecule has 0 aliphatic rings. The van der Waals surface area contributed by atoms with Crippen molar-refractivity contribution >= 4 is 0 Å². The molecule has 114 valence electrons. The SMILES string of the molecule is CCNC(CCc1cnn(C)c1)C(C)(C)c1ccccc1. The van der Waals surface area contributed by atoms with E-state index in [1.165, 1.54) is 11.1 Å². The minimum atomic E-state index is 0.111. The lowest BCUT2D eigenvalue weighted by Gasteiger charge is -2.35. The Bertz CT molecular complexity index is 543. The van der Waals surface area contributed by atoms with E-state index in [9.17, 15) is 0 Å². The van der Waals surface area contributed by atoms with E-state index in [0.29, 0.717) is 6.04 Å². The molecule has 0 radical (unpaired) electrons. The molecule has 0 saturated carbocycles. The van der Waals surface area contributed by atoms with E-state index in [4.69, 9.17) is 0 Å². The standard InChI is InChI=1S/C18H27N3/c1-5-19-17(12-11-15-13-20-21(4)14-15)18(2,3)16-9-7-6-8-10-16/h6-10,13-14,17,19H,5,11-12H2,1-4H3. The monoisotopic (exact) mass is 285 g/mol. The summed E-state index contributed by atoms with van der Waals surface area (Å²) in [5.74, 6) is 0. The van der Waals surface area contributed by atoms with E-state index in [1.807, 2.05) is 17.9 Å². The van der Waals surface area contributed by atoms with Crippen LogP contribution in [0.15, 0.2) is 42.7 Å². The second kappa shape index (κ2) is 6.90. The Hall–Kier alpha value is -1.61. The van der Waals surface area contributed by atoms with Crippen LogP contribution in [-0.4, -0.2) is 22.4 Å². The quantitative estimate of drug-likeness (QED) is 0.846. The number of likely N-dealkylation sites (N-methyl/N-ethyl adjacent to an activating group) is 1. The molecular weight excluding hydrogens is 258 g/mol. The molecule has 0 fully saturated rings. The number of hydrogen-bond acceptors (Lipinski definition) is 2. The van der Waals surface area contributed by atoms with Crippen molar-refractivity contribution in [2.75, 3.05) is 6.54 Å². The van der Waals surface area contributed by atoms with Crippen LogP contribution in [0.3, 0.4) is 0 Å². The molecule has 0 saturated heterocycles. The molecule has 1 heterocycles. The van der Waals surface area contributed by atoms with Gasteiger partial charge < -0.3 is 5.32 Å². The molecule has 1 unspecified atom stereocenters. The molecule has 0 aliphatic heterocycles. The van der Waals surface area contributed by atoms with Crippen LogP contribution in [0.1, 0.15) is 38.3 Å². The largest absolute Gasteiger partial charge is 0.313 e.